The molecule has 2 heterocycles. The van der Waals surface area contributed by atoms with E-state index in [1.54, 1.807) is 0 Å². The van der Waals surface area contributed by atoms with Crippen LogP contribution in [0.25, 0.3) is 0 Å². The molecule has 1 amide bonds. The van der Waals surface area contributed by atoms with Gasteiger partial charge >= 0.3 is 5.97 Å². The van der Waals surface area contributed by atoms with Gasteiger partial charge in [-0.3, -0.25) is 4.79 Å². The number of carbonyl (C=O) groups is 2. The number of aliphatic carboxylic acids is 1. The second kappa shape index (κ2) is 5.96. The molecular formula is C16H19NO5S. The van der Waals surface area contributed by atoms with E-state index < -0.39 is 33.0 Å². The van der Waals surface area contributed by atoms with Crippen molar-refractivity contribution in [3.63, 3.8) is 0 Å². The lowest BCUT2D eigenvalue weighted by molar-refractivity contribution is -0.151. The number of nitrogens with zero attached hydrogens (tertiary/aromatic N) is 1. The largest absolute Gasteiger partial charge is 0.480 e. The maximum Gasteiger partial charge on any atom is 0.326 e. The van der Waals surface area contributed by atoms with Crippen molar-refractivity contribution in [2.75, 3.05) is 5.75 Å². The van der Waals surface area contributed by atoms with Gasteiger partial charge in [0, 0.05) is 13.0 Å². The molecule has 0 aromatic heterocycles. The van der Waals surface area contributed by atoms with Crippen LogP contribution in [-0.4, -0.2) is 47.3 Å². The number of hydrogen-bond donors (Lipinski definition) is 1. The zero-order chi connectivity index (χ0) is 16.6. The van der Waals surface area contributed by atoms with Crippen molar-refractivity contribution in [1.29, 1.82) is 0 Å². The predicted molar refractivity (Wildman–Crippen MR) is 83.5 cm³/mol. The summed E-state index contributed by atoms with van der Waals surface area (Å²) in [4.78, 5) is 25.6. The van der Waals surface area contributed by atoms with Crippen LogP contribution in [0.15, 0.2) is 24.3 Å². The third-order valence-electron chi connectivity index (χ3n) is 4.67. The van der Waals surface area contributed by atoms with Gasteiger partial charge in [-0.1, -0.05) is 30.7 Å². The highest BCUT2D eigenvalue weighted by Gasteiger charge is 2.42. The Morgan fingerprint density at radius 1 is 1.13 bits per heavy atom. The summed E-state index contributed by atoms with van der Waals surface area (Å²) >= 11 is 0. The van der Waals surface area contributed by atoms with Crippen molar-refractivity contribution < 1.29 is 23.1 Å². The maximum atomic E-state index is 12.8. The Hall–Kier alpha value is -1.89. The predicted octanol–water partition coefficient (Wildman–Crippen LogP) is 0.992. The van der Waals surface area contributed by atoms with Gasteiger partial charge in [0.1, 0.15) is 11.3 Å². The fourth-order valence-electron chi connectivity index (χ4n) is 3.39. The molecular weight excluding hydrogens is 318 g/mol. The first-order valence-electron chi connectivity index (χ1n) is 7.72. The number of benzene rings is 1. The maximum absolute atomic E-state index is 12.8. The zero-order valence-corrected chi connectivity index (χ0v) is 13.5. The molecule has 1 aromatic rings. The third kappa shape index (κ3) is 2.97. The second-order valence-corrected chi connectivity index (χ2v) is 8.45. The zero-order valence-electron chi connectivity index (χ0n) is 12.6. The molecule has 1 aromatic carbocycles. The van der Waals surface area contributed by atoms with Gasteiger partial charge in [-0.25, -0.2) is 13.2 Å². The van der Waals surface area contributed by atoms with Crippen LogP contribution in [0.1, 0.15) is 30.4 Å². The minimum atomic E-state index is -3.48. The van der Waals surface area contributed by atoms with Gasteiger partial charge in [0.15, 0.2) is 9.84 Å². The number of hydrogen-bond acceptors (Lipinski definition) is 4. The molecule has 0 radical (unpaired) electrons. The average Bonchev–Trinajstić information content (AvgIpc) is 2.52. The minimum Gasteiger partial charge on any atom is -0.480 e. The molecule has 124 valence electrons. The third-order valence-corrected chi connectivity index (χ3v) is 6.83. The molecule has 2 unspecified atom stereocenters. The fourth-order valence-corrected chi connectivity index (χ4v) is 5.25. The topological polar surface area (TPSA) is 91.8 Å². The van der Waals surface area contributed by atoms with E-state index in [1.807, 2.05) is 24.3 Å². The lowest BCUT2D eigenvalue weighted by Gasteiger charge is -2.37. The molecule has 0 spiro atoms. The normalized spacial score (nSPS) is 26.3. The van der Waals surface area contributed by atoms with E-state index in [0.717, 1.165) is 11.1 Å². The van der Waals surface area contributed by atoms with E-state index >= 15 is 0 Å². The quantitative estimate of drug-likeness (QED) is 0.869. The van der Waals surface area contributed by atoms with E-state index in [-0.39, 0.29) is 25.1 Å². The molecule has 2 atom stereocenters. The van der Waals surface area contributed by atoms with E-state index in [0.29, 0.717) is 12.8 Å². The highest BCUT2D eigenvalue weighted by atomic mass is 32.2. The van der Waals surface area contributed by atoms with Crippen molar-refractivity contribution in [1.82, 2.24) is 4.90 Å². The van der Waals surface area contributed by atoms with Crippen LogP contribution in [0.2, 0.25) is 0 Å². The molecule has 0 aliphatic carbocycles. The van der Waals surface area contributed by atoms with Crippen molar-refractivity contribution in [3.05, 3.63) is 35.4 Å². The van der Waals surface area contributed by atoms with Crippen LogP contribution in [0.4, 0.5) is 0 Å². The number of sulfone groups is 1. The smallest absolute Gasteiger partial charge is 0.326 e. The van der Waals surface area contributed by atoms with E-state index in [4.69, 9.17) is 0 Å². The van der Waals surface area contributed by atoms with Crippen molar-refractivity contribution in [2.45, 2.75) is 43.5 Å². The lowest BCUT2D eigenvalue weighted by atomic mass is 9.93. The molecule has 2 aliphatic rings. The molecule has 1 fully saturated rings. The standard InChI is InChI=1S/C16H19NO5S/c18-15(14-7-3-4-8-23(14,21)22)17-10-12-6-2-1-5-11(12)9-13(17)16(19)20/h1-2,5-6,13-14H,3-4,7-10H2,(H,19,20). The molecule has 2 aliphatic heterocycles. The number of rotatable bonds is 2. The molecule has 0 bridgehead atoms. The number of carboxylic acids is 1. The molecule has 1 saturated heterocycles. The first-order valence-corrected chi connectivity index (χ1v) is 9.43. The number of amides is 1. The Morgan fingerprint density at radius 3 is 2.48 bits per heavy atom. The number of fused-ring (bicyclic) bond motifs is 1. The summed E-state index contributed by atoms with van der Waals surface area (Å²) in [7, 11) is -3.48. The monoisotopic (exact) mass is 337 g/mol. The van der Waals surface area contributed by atoms with E-state index in [2.05, 4.69) is 0 Å². The second-order valence-electron chi connectivity index (χ2n) is 6.14. The Labute approximate surface area is 135 Å². The first-order chi connectivity index (χ1) is 10.9. The first kappa shape index (κ1) is 16.0. The van der Waals surface area contributed by atoms with Gasteiger partial charge in [-0.15, -0.1) is 0 Å². The Bertz CT molecular complexity index is 743. The summed E-state index contributed by atoms with van der Waals surface area (Å²) in [5.74, 6) is -1.65. The van der Waals surface area contributed by atoms with Crippen molar-refractivity contribution >= 4 is 21.7 Å². The Balaban J connectivity index is 1.93. The Kier molecular flexibility index (Phi) is 4.14. The van der Waals surface area contributed by atoms with Crippen molar-refractivity contribution in [3.8, 4) is 0 Å². The average molecular weight is 337 g/mol. The van der Waals surface area contributed by atoms with Crippen LogP contribution in [-0.2, 0) is 32.4 Å². The van der Waals surface area contributed by atoms with E-state index in [1.165, 1.54) is 4.90 Å². The summed E-state index contributed by atoms with van der Waals surface area (Å²) in [5.41, 5.74) is 1.78. The summed E-state index contributed by atoms with van der Waals surface area (Å²) in [6, 6.07) is 6.36. The fraction of sp³-hybridized carbons (Fsp3) is 0.500. The minimum absolute atomic E-state index is 0.00553. The molecule has 23 heavy (non-hydrogen) atoms. The van der Waals surface area contributed by atoms with Crippen LogP contribution >= 0.6 is 0 Å². The SMILES string of the molecule is O=C(O)C1Cc2ccccc2CN1C(=O)C1CCCCS1(=O)=O. The molecule has 7 heteroatoms. The number of carboxylic acid groups (broad SMARTS) is 1. The van der Waals surface area contributed by atoms with Crippen LogP contribution in [0.3, 0.4) is 0 Å². The lowest BCUT2D eigenvalue weighted by Crippen LogP contribution is -2.54. The van der Waals surface area contributed by atoms with Gasteiger partial charge in [-0.2, -0.15) is 0 Å². The molecule has 0 saturated carbocycles. The highest BCUT2D eigenvalue weighted by Crippen LogP contribution is 2.28. The van der Waals surface area contributed by atoms with Crippen LogP contribution in [0, 0.1) is 0 Å². The van der Waals surface area contributed by atoms with Gasteiger partial charge in [-0.05, 0) is 24.0 Å². The molecule has 6 nitrogen and oxygen atoms in total. The van der Waals surface area contributed by atoms with Crippen LogP contribution in [0.5, 0.6) is 0 Å². The Morgan fingerprint density at radius 2 is 1.83 bits per heavy atom. The van der Waals surface area contributed by atoms with Gasteiger partial charge in [0.2, 0.25) is 5.91 Å². The molecule has 1 N–H and O–H groups in total. The number of carbonyl (C=O) groups excluding carboxylic acids is 1. The van der Waals surface area contributed by atoms with E-state index in [9.17, 15) is 23.1 Å². The van der Waals surface area contributed by atoms with Crippen molar-refractivity contribution in [2.24, 2.45) is 0 Å². The molecule has 3 rings (SSSR count). The summed E-state index contributed by atoms with van der Waals surface area (Å²) in [6.45, 7) is 0.151. The van der Waals surface area contributed by atoms with Gasteiger partial charge in [0.25, 0.3) is 0 Å². The van der Waals surface area contributed by atoms with Crippen LogP contribution < -0.4 is 0 Å². The summed E-state index contributed by atoms with van der Waals surface area (Å²) < 4.78 is 24.4. The summed E-state index contributed by atoms with van der Waals surface area (Å²) in [6.07, 6.45) is 1.74. The highest BCUT2D eigenvalue weighted by molar-refractivity contribution is 7.92. The van der Waals surface area contributed by atoms with Gasteiger partial charge < -0.3 is 10.0 Å². The summed E-state index contributed by atoms with van der Waals surface area (Å²) in [5, 5.41) is 8.37. The van der Waals surface area contributed by atoms with Gasteiger partial charge in [0.05, 0.1) is 5.75 Å².